The molecule has 0 atom stereocenters. The lowest BCUT2D eigenvalue weighted by Crippen LogP contribution is -2.21. The Bertz CT molecular complexity index is 1100. The molecule has 6 nitrogen and oxygen atoms in total. The van der Waals surface area contributed by atoms with Crippen molar-refractivity contribution in [3.8, 4) is 0 Å². The van der Waals surface area contributed by atoms with Crippen LogP contribution in [0.4, 0.5) is 0 Å². The molecule has 4 rings (SSSR count). The molecule has 6 heteroatoms. The highest BCUT2D eigenvalue weighted by atomic mass is 16.5. The third-order valence-electron chi connectivity index (χ3n) is 3.75. The highest BCUT2D eigenvalue weighted by Crippen LogP contribution is 2.08. The van der Waals surface area contributed by atoms with Crippen molar-refractivity contribution in [2.75, 3.05) is 0 Å². The van der Waals surface area contributed by atoms with Crippen LogP contribution in [-0.4, -0.2) is 19.7 Å². The lowest BCUT2D eigenvalue weighted by Gasteiger charge is -2.03. The van der Waals surface area contributed by atoms with Gasteiger partial charge in [-0.05, 0) is 23.8 Å². The van der Waals surface area contributed by atoms with E-state index in [9.17, 15) is 4.79 Å². The van der Waals surface area contributed by atoms with Gasteiger partial charge in [0.1, 0.15) is 0 Å². The summed E-state index contributed by atoms with van der Waals surface area (Å²) < 4.78 is 6.67. The quantitative estimate of drug-likeness (QED) is 0.575. The summed E-state index contributed by atoms with van der Waals surface area (Å²) in [6.07, 6.45) is 5.13. The van der Waals surface area contributed by atoms with E-state index in [-0.39, 0.29) is 12.1 Å². The van der Waals surface area contributed by atoms with Crippen LogP contribution in [0.5, 0.6) is 0 Å². The minimum absolute atomic E-state index is 0.128. The van der Waals surface area contributed by atoms with Gasteiger partial charge in [0.15, 0.2) is 5.82 Å². The van der Waals surface area contributed by atoms with Crippen LogP contribution in [0.2, 0.25) is 0 Å². The molecular formula is C19H14N4O2. The van der Waals surface area contributed by atoms with Gasteiger partial charge >= 0.3 is 0 Å². The number of fused-ring (bicyclic) bond motifs is 1. The second-order valence-corrected chi connectivity index (χ2v) is 5.49. The molecule has 122 valence electrons. The van der Waals surface area contributed by atoms with E-state index in [1.54, 1.807) is 12.1 Å². The highest BCUT2D eigenvalue weighted by molar-refractivity contribution is 5.76. The molecule has 2 heterocycles. The van der Waals surface area contributed by atoms with Crippen molar-refractivity contribution in [1.82, 2.24) is 19.7 Å². The molecule has 0 aliphatic heterocycles. The van der Waals surface area contributed by atoms with Crippen LogP contribution in [0.3, 0.4) is 0 Å². The van der Waals surface area contributed by atoms with Crippen molar-refractivity contribution < 1.29 is 4.52 Å². The van der Waals surface area contributed by atoms with Crippen molar-refractivity contribution in [1.29, 1.82) is 0 Å². The lowest BCUT2D eigenvalue weighted by molar-refractivity contribution is 0.401. The summed E-state index contributed by atoms with van der Waals surface area (Å²) in [4.78, 5) is 21.0. The highest BCUT2D eigenvalue weighted by Gasteiger charge is 2.08. The van der Waals surface area contributed by atoms with Crippen LogP contribution in [0.15, 0.2) is 70.2 Å². The standard InChI is InChI=1S/C19H14N4O2/c24-19-15-8-4-5-9-16(15)20-13-23(19)12-17-21-18(25-22-17)11-10-14-6-2-1-3-7-14/h1-11,13H,12H2. The SMILES string of the molecule is O=c1c2ccccc2ncn1Cc1noc(C=Cc2ccccc2)n1. The molecule has 2 aromatic heterocycles. The molecule has 0 radical (unpaired) electrons. The van der Waals surface area contributed by atoms with Crippen LogP contribution in [0.25, 0.3) is 23.1 Å². The first-order valence-electron chi connectivity index (χ1n) is 7.79. The fourth-order valence-electron chi connectivity index (χ4n) is 2.50. The van der Waals surface area contributed by atoms with Crippen molar-refractivity contribution >= 4 is 23.1 Å². The average Bonchev–Trinajstić information content (AvgIpc) is 3.11. The molecule has 4 aromatic rings. The predicted octanol–water partition coefficient (Wildman–Crippen LogP) is 3.00. The first kappa shape index (κ1) is 15.0. The molecule has 0 amide bonds. The number of para-hydroxylation sites is 1. The number of hydrogen-bond acceptors (Lipinski definition) is 5. The van der Waals surface area contributed by atoms with E-state index in [0.717, 1.165) is 5.56 Å². The van der Waals surface area contributed by atoms with Crippen molar-refractivity contribution in [2.45, 2.75) is 6.54 Å². The summed E-state index contributed by atoms with van der Waals surface area (Å²) in [5, 5.41) is 4.49. The van der Waals surface area contributed by atoms with Gasteiger partial charge in [0.25, 0.3) is 11.4 Å². The van der Waals surface area contributed by atoms with Crippen molar-refractivity contribution in [3.05, 3.63) is 88.6 Å². The molecule has 0 N–H and O–H groups in total. The summed E-state index contributed by atoms with van der Waals surface area (Å²) in [6.45, 7) is 0.208. The van der Waals surface area contributed by atoms with Crippen molar-refractivity contribution in [2.24, 2.45) is 0 Å². The second kappa shape index (κ2) is 6.52. The Morgan fingerprint density at radius 3 is 2.68 bits per heavy atom. The molecule has 0 aliphatic rings. The first-order chi connectivity index (χ1) is 12.3. The smallest absolute Gasteiger partial charge is 0.261 e. The topological polar surface area (TPSA) is 73.8 Å². The largest absolute Gasteiger partial charge is 0.335 e. The Kier molecular flexibility index (Phi) is 3.92. The number of hydrogen-bond donors (Lipinski definition) is 0. The van der Waals surface area contributed by atoms with Gasteiger partial charge in [0.2, 0.25) is 0 Å². The van der Waals surface area contributed by atoms with E-state index >= 15 is 0 Å². The molecule has 0 saturated heterocycles. The maximum Gasteiger partial charge on any atom is 0.261 e. The van der Waals surface area contributed by atoms with E-state index in [2.05, 4.69) is 15.1 Å². The van der Waals surface area contributed by atoms with Gasteiger partial charge in [-0.2, -0.15) is 4.98 Å². The molecule has 0 fully saturated rings. The Hall–Kier alpha value is -3.54. The molecule has 0 aliphatic carbocycles. The van der Waals surface area contributed by atoms with Gasteiger partial charge in [-0.1, -0.05) is 47.6 Å². The summed E-state index contributed by atoms with van der Waals surface area (Å²) in [6, 6.07) is 17.1. The van der Waals surface area contributed by atoms with Crippen LogP contribution >= 0.6 is 0 Å². The molecule has 0 saturated carbocycles. The Morgan fingerprint density at radius 1 is 1.00 bits per heavy atom. The number of nitrogens with zero attached hydrogens (tertiary/aromatic N) is 4. The molecule has 0 spiro atoms. The van der Waals surface area contributed by atoms with E-state index in [1.165, 1.54) is 10.9 Å². The monoisotopic (exact) mass is 330 g/mol. The normalized spacial score (nSPS) is 11.4. The minimum Gasteiger partial charge on any atom is -0.335 e. The van der Waals surface area contributed by atoms with Gasteiger partial charge in [0.05, 0.1) is 23.8 Å². The van der Waals surface area contributed by atoms with Gasteiger partial charge in [-0.25, -0.2) is 4.98 Å². The Balaban J connectivity index is 1.56. The van der Waals surface area contributed by atoms with Crippen LogP contribution < -0.4 is 5.56 Å². The van der Waals surface area contributed by atoms with Crippen LogP contribution in [0.1, 0.15) is 17.3 Å². The summed E-state index contributed by atoms with van der Waals surface area (Å²) in [5.74, 6) is 0.813. The third-order valence-corrected chi connectivity index (χ3v) is 3.75. The molecule has 2 aromatic carbocycles. The molecule has 0 unspecified atom stereocenters. The fourth-order valence-corrected chi connectivity index (χ4v) is 2.50. The predicted molar refractivity (Wildman–Crippen MR) is 94.8 cm³/mol. The maximum atomic E-state index is 12.5. The fraction of sp³-hybridized carbons (Fsp3) is 0.0526. The maximum absolute atomic E-state index is 12.5. The van der Waals surface area contributed by atoms with E-state index < -0.39 is 0 Å². The zero-order chi connectivity index (χ0) is 17.1. The second-order valence-electron chi connectivity index (χ2n) is 5.49. The number of aromatic nitrogens is 4. The molecular weight excluding hydrogens is 316 g/mol. The van der Waals surface area contributed by atoms with Gasteiger partial charge < -0.3 is 4.52 Å². The van der Waals surface area contributed by atoms with Gasteiger partial charge in [0, 0.05) is 6.08 Å². The van der Waals surface area contributed by atoms with Gasteiger partial charge in [-0.15, -0.1) is 0 Å². The van der Waals surface area contributed by atoms with Gasteiger partial charge in [-0.3, -0.25) is 9.36 Å². The van der Waals surface area contributed by atoms with Crippen LogP contribution in [-0.2, 0) is 6.54 Å². The summed E-state index contributed by atoms with van der Waals surface area (Å²) in [5.41, 5.74) is 1.58. The van der Waals surface area contributed by atoms with Crippen LogP contribution in [0, 0.1) is 0 Å². The van der Waals surface area contributed by atoms with Crippen molar-refractivity contribution in [3.63, 3.8) is 0 Å². The lowest BCUT2D eigenvalue weighted by atomic mass is 10.2. The summed E-state index contributed by atoms with van der Waals surface area (Å²) in [7, 11) is 0. The zero-order valence-electron chi connectivity index (χ0n) is 13.2. The van der Waals surface area contributed by atoms with E-state index in [0.29, 0.717) is 22.6 Å². The Labute approximate surface area is 143 Å². The first-order valence-corrected chi connectivity index (χ1v) is 7.79. The van der Waals surface area contributed by atoms with E-state index in [4.69, 9.17) is 4.52 Å². The number of benzene rings is 2. The zero-order valence-corrected chi connectivity index (χ0v) is 13.2. The number of rotatable bonds is 4. The average molecular weight is 330 g/mol. The molecule has 25 heavy (non-hydrogen) atoms. The Morgan fingerprint density at radius 2 is 1.80 bits per heavy atom. The minimum atomic E-state index is -0.128. The molecule has 0 bridgehead atoms. The third kappa shape index (κ3) is 3.23. The summed E-state index contributed by atoms with van der Waals surface area (Å²) >= 11 is 0. The van der Waals surface area contributed by atoms with E-state index in [1.807, 2.05) is 54.6 Å².